The van der Waals surface area contributed by atoms with Gasteiger partial charge in [-0.05, 0) is 140 Å². The van der Waals surface area contributed by atoms with E-state index in [2.05, 4.69) is 138 Å². The first-order chi connectivity index (χ1) is 29.6. The Balaban J connectivity index is 0.000000453. The summed E-state index contributed by atoms with van der Waals surface area (Å²) < 4.78 is 46.5. The predicted octanol–water partition coefficient (Wildman–Crippen LogP) is 17.0. The summed E-state index contributed by atoms with van der Waals surface area (Å²) in [6.45, 7) is 44.4. The fraction of sp³-hybridized carbons (Fsp3) is 0.571. The number of hydrogen-bond acceptors (Lipinski definition) is 6. The molecule has 8 nitrogen and oxygen atoms in total. The number of benzene rings is 4. The molecule has 0 atom stereocenters. The van der Waals surface area contributed by atoms with Gasteiger partial charge in [-0.1, -0.05) is 187 Å². The van der Waals surface area contributed by atoms with Crippen molar-refractivity contribution in [3.63, 3.8) is 0 Å². The van der Waals surface area contributed by atoms with Crippen LogP contribution in [0.25, 0.3) is 0 Å². The van der Waals surface area contributed by atoms with E-state index in [0.717, 1.165) is 47.9 Å². The second-order valence-electron chi connectivity index (χ2n) is 25.9. The summed E-state index contributed by atoms with van der Waals surface area (Å²) in [6.07, 6.45) is 4.07. The minimum Gasteiger partial charge on any atom is -0.395 e. The average Bonchev–Trinajstić information content (AvgIpc) is 3.08. The summed E-state index contributed by atoms with van der Waals surface area (Å²) in [5.74, 6) is 1.22. The third kappa shape index (κ3) is 21.7. The van der Waals surface area contributed by atoms with Crippen molar-refractivity contribution in [3.8, 4) is 23.0 Å². The first-order valence-corrected chi connectivity index (χ1v) is 26.4. The molecule has 0 spiro atoms. The zero-order chi connectivity index (χ0) is 50.6. The fourth-order valence-corrected chi connectivity index (χ4v) is 11.8. The van der Waals surface area contributed by atoms with Crippen molar-refractivity contribution in [2.24, 2.45) is 21.7 Å². The van der Waals surface area contributed by atoms with Crippen LogP contribution in [0.1, 0.15) is 186 Å². The number of rotatable bonds is 16. The molecule has 4 rings (SSSR count). The molecule has 0 aliphatic rings. The molecule has 4 aromatic rings. The molecule has 0 heterocycles. The zero-order valence-corrected chi connectivity index (χ0v) is 49.0. The van der Waals surface area contributed by atoms with Gasteiger partial charge in [0, 0.05) is 37.7 Å². The molecule has 0 aliphatic heterocycles. The monoisotopic (exact) mass is 989 g/mol. The van der Waals surface area contributed by atoms with E-state index in [9.17, 15) is 18.9 Å². The third-order valence-corrected chi connectivity index (χ3v) is 13.1. The molecule has 0 aromatic heterocycles. The van der Waals surface area contributed by atoms with E-state index >= 15 is 0 Å². The van der Waals surface area contributed by atoms with E-state index in [4.69, 9.17) is 18.1 Å². The molecule has 0 fully saturated rings. The van der Waals surface area contributed by atoms with E-state index in [1.807, 2.05) is 48.5 Å². The molecule has 0 saturated heterocycles. The normalized spacial score (nSPS) is 13.5. The van der Waals surface area contributed by atoms with Crippen LogP contribution in [0.3, 0.4) is 0 Å². The van der Waals surface area contributed by atoms with Crippen LogP contribution < -0.4 is 18.1 Å². The van der Waals surface area contributed by atoms with Gasteiger partial charge in [-0.3, -0.25) is 9.79 Å². The predicted molar refractivity (Wildman–Crippen MR) is 282 cm³/mol. The van der Waals surface area contributed by atoms with Crippen LogP contribution in [-0.4, -0.2) is 47.5 Å². The first kappa shape index (κ1) is 60.8. The van der Waals surface area contributed by atoms with Crippen molar-refractivity contribution in [3.05, 3.63) is 119 Å². The number of phosphoric acid groups is 2. The Bertz CT molecular complexity index is 1930. The summed E-state index contributed by atoms with van der Waals surface area (Å²) in [6, 6.07) is 29.4. The van der Waals surface area contributed by atoms with Crippen molar-refractivity contribution in [2.75, 3.05) is 0 Å². The molecule has 4 aromatic carbocycles. The van der Waals surface area contributed by atoms with Crippen LogP contribution in [0.5, 0.6) is 23.0 Å². The van der Waals surface area contributed by atoms with E-state index in [1.165, 1.54) is 0 Å². The van der Waals surface area contributed by atoms with Crippen molar-refractivity contribution >= 4 is 53.4 Å². The van der Waals surface area contributed by atoms with Crippen LogP contribution in [-0.2, 0) is 30.8 Å². The van der Waals surface area contributed by atoms with Gasteiger partial charge in [0.2, 0.25) is 0 Å². The van der Waals surface area contributed by atoms with Gasteiger partial charge >= 0.3 is 15.6 Å². The Labute approximate surface area is 437 Å². The van der Waals surface area contributed by atoms with E-state index in [-0.39, 0.29) is 81.1 Å². The molecule has 0 bridgehead atoms. The molecule has 2 N–H and O–H groups in total. The summed E-state index contributed by atoms with van der Waals surface area (Å²) >= 11 is 0. The van der Waals surface area contributed by atoms with E-state index in [1.54, 1.807) is 48.5 Å². The van der Waals surface area contributed by atoms with Gasteiger partial charge in [0.1, 0.15) is 23.0 Å². The second kappa shape index (κ2) is 22.4. The summed E-state index contributed by atoms with van der Waals surface area (Å²) in [5, 5.41) is 0. The Hall–Kier alpha value is -2.28. The van der Waals surface area contributed by atoms with Crippen LogP contribution >= 0.6 is 15.6 Å². The average molecular weight is 989 g/mol. The van der Waals surface area contributed by atoms with Crippen LogP contribution in [0.4, 0.5) is 0 Å². The fourth-order valence-electron chi connectivity index (χ4n) is 10.1. The smallest absolute Gasteiger partial charge is 0.395 e. The number of hydrogen-bond donors (Lipinski definition) is 2. The van der Waals surface area contributed by atoms with Gasteiger partial charge in [0.25, 0.3) is 0 Å². The van der Waals surface area contributed by atoms with Gasteiger partial charge in [0.05, 0.1) is 0 Å². The van der Waals surface area contributed by atoms with Gasteiger partial charge in [-0.15, -0.1) is 0 Å². The van der Waals surface area contributed by atoms with Crippen LogP contribution in [0.2, 0.25) is 0 Å². The molecule has 67 heavy (non-hydrogen) atoms. The molecule has 0 unspecified atom stereocenters. The Morgan fingerprint density at radius 1 is 0.313 bits per heavy atom. The molecule has 11 heteroatoms. The standard InChI is InChI=1S/2C28H43O4P.Ca/c2*1-25(2,3)19-27(7,8)21-11-15-23(16-12-21)31-33(29,30)32-24-17-13-22(14-18-24)28(9,10)20-26(4,5)6;/h2*11-18H,19-20H2,1-10H3,(H,29,30);. The maximum Gasteiger partial charge on any atom is 0.584 e. The molecular weight excluding hydrogens is 903 g/mol. The van der Waals surface area contributed by atoms with Gasteiger partial charge in [-0.2, -0.15) is 0 Å². The summed E-state index contributed by atoms with van der Waals surface area (Å²) in [4.78, 5) is 20.6. The summed E-state index contributed by atoms with van der Waals surface area (Å²) in [5.41, 5.74) is 5.37. The Kier molecular flexibility index (Phi) is 20.4. The van der Waals surface area contributed by atoms with Crippen molar-refractivity contribution < 1.29 is 37.0 Å². The SMILES string of the molecule is CC(C)(C)CC(C)(C)c1ccc(OP(=O)(O)Oc2ccc(C(C)(C)CC(C)(C)C)cc2)cc1.CC(C)(C)CC(C)(C)c1ccc(OP(=O)(O)Oc2ccc(C(C)(C)CC(C)(C)C)cc2)cc1.[Ca]. The maximum absolute atomic E-state index is 12.6. The van der Waals surface area contributed by atoms with Crippen LogP contribution in [0, 0.1) is 21.7 Å². The topological polar surface area (TPSA) is 112 Å². The Morgan fingerprint density at radius 2 is 0.448 bits per heavy atom. The van der Waals surface area contributed by atoms with E-state index < -0.39 is 15.6 Å². The van der Waals surface area contributed by atoms with E-state index in [0.29, 0.717) is 23.0 Å². The minimum absolute atomic E-state index is 0. The quantitative estimate of drug-likeness (QED) is 0.0843. The zero-order valence-electron chi connectivity index (χ0n) is 45.0. The van der Waals surface area contributed by atoms with Gasteiger partial charge in [-0.25, -0.2) is 9.13 Å². The van der Waals surface area contributed by atoms with Crippen molar-refractivity contribution in [1.82, 2.24) is 0 Å². The van der Waals surface area contributed by atoms with Gasteiger partial charge in [0.15, 0.2) is 0 Å². The molecule has 0 aliphatic carbocycles. The van der Waals surface area contributed by atoms with Crippen molar-refractivity contribution in [2.45, 2.75) is 186 Å². The van der Waals surface area contributed by atoms with Gasteiger partial charge < -0.3 is 18.1 Å². The molecule has 0 saturated carbocycles. The molecular formula is C56H86CaO8P2. The first-order valence-electron chi connectivity index (χ1n) is 23.4. The van der Waals surface area contributed by atoms with Crippen molar-refractivity contribution in [1.29, 1.82) is 0 Å². The third-order valence-electron chi connectivity index (χ3n) is 11.3. The largest absolute Gasteiger partial charge is 0.584 e. The molecule has 370 valence electrons. The minimum atomic E-state index is -4.31. The second-order valence-corrected chi connectivity index (χ2v) is 28.5. The molecule has 0 amide bonds. The van der Waals surface area contributed by atoms with Crippen LogP contribution in [0.15, 0.2) is 97.1 Å². The maximum atomic E-state index is 12.6. The Morgan fingerprint density at radius 3 is 0.567 bits per heavy atom. The molecule has 2 radical (unpaired) electrons. The summed E-state index contributed by atoms with van der Waals surface area (Å²) in [7, 11) is -8.63. The number of phosphoric ester groups is 2.